The van der Waals surface area contributed by atoms with Gasteiger partial charge in [-0.3, -0.25) is 4.79 Å². The Morgan fingerprint density at radius 1 is 1.56 bits per heavy atom. The van der Waals surface area contributed by atoms with Crippen molar-refractivity contribution in [2.75, 3.05) is 0 Å². The molecule has 0 N–H and O–H groups in total. The quantitative estimate of drug-likeness (QED) is 0.432. The van der Waals surface area contributed by atoms with Crippen molar-refractivity contribution in [3.05, 3.63) is 24.3 Å². The maximum atomic E-state index is 10.7. The Balaban J connectivity index is 2.81. The third-order valence-electron chi connectivity index (χ3n) is 1.16. The smallest absolute Gasteiger partial charge is 0.174 e. The monoisotopic (exact) mass is 118 g/mol. The number of terminal acetylenes is 1. The minimum atomic E-state index is -0.324. The molecule has 0 radical (unpaired) electrons. The van der Waals surface area contributed by atoms with E-state index in [1.54, 1.807) is 18.2 Å². The SMILES string of the molecule is C#CC1C=CC=CC1=O. The highest BCUT2D eigenvalue weighted by Crippen LogP contribution is 2.04. The van der Waals surface area contributed by atoms with Gasteiger partial charge in [0.2, 0.25) is 0 Å². The predicted molar refractivity (Wildman–Crippen MR) is 35.6 cm³/mol. The fourth-order valence-corrected chi connectivity index (χ4v) is 0.662. The molecule has 0 aromatic carbocycles. The summed E-state index contributed by atoms with van der Waals surface area (Å²) >= 11 is 0. The molecule has 1 nitrogen and oxygen atoms in total. The summed E-state index contributed by atoms with van der Waals surface area (Å²) in [7, 11) is 0. The van der Waals surface area contributed by atoms with Gasteiger partial charge in [-0.25, -0.2) is 0 Å². The van der Waals surface area contributed by atoms with Gasteiger partial charge in [-0.2, -0.15) is 0 Å². The fraction of sp³-hybridized carbons (Fsp3) is 0.125. The van der Waals surface area contributed by atoms with Crippen LogP contribution in [0.2, 0.25) is 0 Å². The van der Waals surface area contributed by atoms with Crippen LogP contribution in [-0.2, 0) is 4.79 Å². The molecule has 1 rings (SSSR count). The topological polar surface area (TPSA) is 17.1 Å². The molecule has 0 bridgehead atoms. The molecule has 1 aliphatic rings. The van der Waals surface area contributed by atoms with Gasteiger partial charge in [-0.1, -0.05) is 24.1 Å². The van der Waals surface area contributed by atoms with Crippen LogP contribution in [0.5, 0.6) is 0 Å². The summed E-state index contributed by atoms with van der Waals surface area (Å²) in [5.74, 6) is 2.04. The molecule has 1 heteroatoms. The molecule has 0 amide bonds. The minimum Gasteiger partial charge on any atom is -0.293 e. The van der Waals surface area contributed by atoms with E-state index >= 15 is 0 Å². The molecule has 0 fully saturated rings. The number of hydrogen-bond acceptors (Lipinski definition) is 1. The van der Waals surface area contributed by atoms with Crippen LogP contribution in [0.1, 0.15) is 0 Å². The predicted octanol–water partition coefficient (Wildman–Crippen LogP) is 0.931. The summed E-state index contributed by atoms with van der Waals surface area (Å²) in [6.45, 7) is 0. The van der Waals surface area contributed by atoms with Crippen molar-refractivity contribution in [1.29, 1.82) is 0 Å². The first-order chi connectivity index (χ1) is 4.34. The van der Waals surface area contributed by atoms with Gasteiger partial charge in [0.1, 0.15) is 5.92 Å². The molecule has 44 valence electrons. The van der Waals surface area contributed by atoms with Crippen LogP contribution in [0, 0.1) is 18.3 Å². The van der Waals surface area contributed by atoms with Crippen LogP contribution < -0.4 is 0 Å². The maximum Gasteiger partial charge on any atom is 0.174 e. The molecule has 9 heavy (non-hydrogen) atoms. The Hall–Kier alpha value is -1.29. The van der Waals surface area contributed by atoms with Crippen molar-refractivity contribution in [3.63, 3.8) is 0 Å². The number of carbonyl (C=O) groups is 1. The fourth-order valence-electron chi connectivity index (χ4n) is 0.662. The second-order valence-corrected chi connectivity index (χ2v) is 1.79. The van der Waals surface area contributed by atoms with E-state index in [1.807, 2.05) is 0 Å². The Kier molecular flexibility index (Phi) is 1.51. The van der Waals surface area contributed by atoms with E-state index in [2.05, 4.69) is 5.92 Å². The Labute approximate surface area is 54.1 Å². The van der Waals surface area contributed by atoms with Gasteiger partial charge in [-0.05, 0) is 6.08 Å². The van der Waals surface area contributed by atoms with Crippen molar-refractivity contribution in [3.8, 4) is 12.3 Å². The molecule has 1 aliphatic carbocycles. The molecule has 0 spiro atoms. The zero-order valence-corrected chi connectivity index (χ0v) is 4.87. The summed E-state index contributed by atoms with van der Waals surface area (Å²) in [6, 6.07) is 0. The lowest BCUT2D eigenvalue weighted by atomic mass is 10.0. The van der Waals surface area contributed by atoms with Gasteiger partial charge in [0.15, 0.2) is 5.78 Å². The Morgan fingerprint density at radius 2 is 2.33 bits per heavy atom. The van der Waals surface area contributed by atoms with Gasteiger partial charge in [0, 0.05) is 0 Å². The summed E-state index contributed by atoms with van der Waals surface area (Å²) in [6.07, 6.45) is 11.7. The molecule has 0 saturated heterocycles. The van der Waals surface area contributed by atoms with E-state index in [1.165, 1.54) is 6.08 Å². The number of ketones is 1. The third-order valence-corrected chi connectivity index (χ3v) is 1.16. The molecular formula is C8H6O. The maximum absolute atomic E-state index is 10.7. The second kappa shape index (κ2) is 2.32. The van der Waals surface area contributed by atoms with Crippen molar-refractivity contribution >= 4 is 5.78 Å². The molecule has 0 saturated carbocycles. The first kappa shape index (κ1) is 5.84. The average Bonchev–Trinajstić information content (AvgIpc) is 1.89. The van der Waals surface area contributed by atoms with E-state index in [0.717, 1.165) is 0 Å². The summed E-state index contributed by atoms with van der Waals surface area (Å²) in [5.41, 5.74) is 0. The molecule has 0 aromatic rings. The van der Waals surface area contributed by atoms with Gasteiger partial charge in [0.25, 0.3) is 0 Å². The van der Waals surface area contributed by atoms with Crippen LogP contribution >= 0.6 is 0 Å². The highest BCUT2D eigenvalue weighted by molar-refractivity contribution is 5.96. The van der Waals surface area contributed by atoms with E-state index in [9.17, 15) is 4.79 Å². The van der Waals surface area contributed by atoms with Crippen molar-refractivity contribution < 1.29 is 4.79 Å². The Morgan fingerprint density at radius 3 is 2.78 bits per heavy atom. The van der Waals surface area contributed by atoms with E-state index < -0.39 is 0 Å². The largest absolute Gasteiger partial charge is 0.293 e. The number of allylic oxidation sites excluding steroid dienone is 4. The van der Waals surface area contributed by atoms with Crippen LogP contribution in [0.4, 0.5) is 0 Å². The molecule has 1 unspecified atom stereocenters. The van der Waals surface area contributed by atoms with Crippen molar-refractivity contribution in [1.82, 2.24) is 0 Å². The standard InChI is InChI=1S/C8H6O/c1-2-7-5-3-4-6-8(7)9/h1,3-7H. The zero-order valence-electron chi connectivity index (χ0n) is 4.87. The summed E-state index contributed by atoms with van der Waals surface area (Å²) in [5, 5.41) is 0. The van der Waals surface area contributed by atoms with Gasteiger partial charge < -0.3 is 0 Å². The first-order valence-electron chi connectivity index (χ1n) is 2.69. The zero-order chi connectivity index (χ0) is 6.69. The Bertz CT molecular complexity index is 215. The van der Waals surface area contributed by atoms with Crippen LogP contribution in [-0.4, -0.2) is 5.78 Å². The lowest BCUT2D eigenvalue weighted by Gasteiger charge is -2.01. The van der Waals surface area contributed by atoms with Crippen molar-refractivity contribution in [2.45, 2.75) is 0 Å². The van der Waals surface area contributed by atoms with Gasteiger partial charge in [0.05, 0.1) is 0 Å². The number of rotatable bonds is 0. The molecular weight excluding hydrogens is 112 g/mol. The number of hydrogen-bond donors (Lipinski definition) is 0. The molecule has 1 atom stereocenters. The number of carbonyl (C=O) groups excluding carboxylic acids is 1. The molecule has 0 aliphatic heterocycles. The highest BCUT2D eigenvalue weighted by Gasteiger charge is 2.09. The molecule has 0 aromatic heterocycles. The summed E-state index contributed by atoms with van der Waals surface area (Å²) < 4.78 is 0. The van der Waals surface area contributed by atoms with Crippen LogP contribution in [0.25, 0.3) is 0 Å². The third kappa shape index (κ3) is 1.09. The van der Waals surface area contributed by atoms with E-state index in [-0.39, 0.29) is 11.7 Å². The van der Waals surface area contributed by atoms with Gasteiger partial charge >= 0.3 is 0 Å². The van der Waals surface area contributed by atoms with E-state index in [0.29, 0.717) is 0 Å². The summed E-state index contributed by atoms with van der Waals surface area (Å²) in [4.78, 5) is 10.7. The lowest BCUT2D eigenvalue weighted by molar-refractivity contribution is -0.115. The molecule has 0 heterocycles. The van der Waals surface area contributed by atoms with Crippen LogP contribution in [0.15, 0.2) is 24.3 Å². The van der Waals surface area contributed by atoms with Crippen LogP contribution in [0.3, 0.4) is 0 Å². The highest BCUT2D eigenvalue weighted by atomic mass is 16.1. The lowest BCUT2D eigenvalue weighted by Crippen LogP contribution is -2.08. The minimum absolute atomic E-state index is 0.000000000000000222. The van der Waals surface area contributed by atoms with E-state index in [4.69, 9.17) is 6.42 Å². The normalized spacial score (nSPS) is 23.9. The van der Waals surface area contributed by atoms with Crippen molar-refractivity contribution in [2.24, 2.45) is 5.92 Å². The average molecular weight is 118 g/mol. The van der Waals surface area contributed by atoms with Gasteiger partial charge in [-0.15, -0.1) is 6.42 Å². The first-order valence-corrected chi connectivity index (χ1v) is 2.69. The second-order valence-electron chi connectivity index (χ2n) is 1.79.